The number of methoxy groups -OCH3 is 1. The number of carbonyl (C=O) groups excluding carboxylic acids is 1. The summed E-state index contributed by atoms with van der Waals surface area (Å²) in [5.41, 5.74) is 4.39. The first-order chi connectivity index (χ1) is 19.8. The summed E-state index contributed by atoms with van der Waals surface area (Å²) in [6.45, 7) is 3.72. The van der Waals surface area contributed by atoms with E-state index in [1.807, 2.05) is 6.92 Å². The molecule has 4 aromatic rings. The van der Waals surface area contributed by atoms with Gasteiger partial charge in [-0.05, 0) is 52.9 Å². The van der Waals surface area contributed by atoms with Crippen molar-refractivity contribution in [3.63, 3.8) is 0 Å². The Bertz CT molecular complexity index is 1680. The van der Waals surface area contributed by atoms with Crippen LogP contribution in [0.15, 0.2) is 24.3 Å². The van der Waals surface area contributed by atoms with Crippen LogP contribution in [0.5, 0.6) is 11.8 Å². The smallest absolute Gasteiger partial charge is 0.318 e. The Morgan fingerprint density at radius 2 is 2.12 bits per heavy atom. The second-order valence-corrected chi connectivity index (χ2v) is 11.7. The zero-order valence-corrected chi connectivity index (χ0v) is 24.6. The van der Waals surface area contributed by atoms with E-state index in [1.54, 1.807) is 48.8 Å². The number of halogens is 2. The van der Waals surface area contributed by atoms with Gasteiger partial charge in [0.1, 0.15) is 17.4 Å². The number of phenols is 1. The van der Waals surface area contributed by atoms with Gasteiger partial charge in [-0.15, -0.1) is 11.8 Å². The molecule has 9 nitrogen and oxygen atoms in total. The van der Waals surface area contributed by atoms with Gasteiger partial charge in [-0.25, -0.2) is 4.39 Å². The van der Waals surface area contributed by atoms with Gasteiger partial charge in [0.2, 0.25) is 0 Å². The maximum Gasteiger partial charge on any atom is 0.318 e. The number of aromatic nitrogens is 4. The number of hydrogen-bond donors (Lipinski definition) is 2. The molecule has 0 radical (unpaired) electrons. The molecule has 2 N–H and O–H groups in total. The van der Waals surface area contributed by atoms with Crippen molar-refractivity contribution in [1.29, 1.82) is 0 Å². The summed E-state index contributed by atoms with van der Waals surface area (Å²) in [5.74, 6) is 0.989. The van der Waals surface area contributed by atoms with Crippen molar-refractivity contribution >= 4 is 45.9 Å². The van der Waals surface area contributed by atoms with Crippen LogP contribution in [0.2, 0.25) is 5.02 Å². The lowest BCUT2D eigenvalue weighted by atomic mass is 9.93. The van der Waals surface area contributed by atoms with Crippen molar-refractivity contribution in [2.24, 2.45) is 0 Å². The number of carbonyl (C=O) groups is 1. The number of aromatic hydroxyl groups is 1. The maximum absolute atomic E-state index is 14.8. The molecule has 0 bridgehead atoms. The largest absolute Gasteiger partial charge is 0.508 e. The monoisotopic (exact) mass is 596 g/mol. The lowest BCUT2D eigenvalue weighted by molar-refractivity contribution is 0.0957. The van der Waals surface area contributed by atoms with E-state index in [4.69, 9.17) is 26.3 Å². The number of ether oxygens (including phenoxy) is 1. The summed E-state index contributed by atoms with van der Waals surface area (Å²) in [6, 6.07) is 6.90. The topological polar surface area (TPSA) is 105 Å². The fraction of sp³-hybridized carbons (Fsp3) is 0.379. The summed E-state index contributed by atoms with van der Waals surface area (Å²) in [4.78, 5) is 24.0. The van der Waals surface area contributed by atoms with E-state index < -0.39 is 0 Å². The Labute approximate surface area is 246 Å². The number of nitrogens with zero attached hydrogens (tertiary/aromatic N) is 5. The third-order valence-electron chi connectivity index (χ3n) is 7.80. The van der Waals surface area contributed by atoms with Crippen LogP contribution in [0, 0.1) is 5.82 Å². The van der Waals surface area contributed by atoms with Gasteiger partial charge in [0, 0.05) is 43.1 Å². The fourth-order valence-corrected chi connectivity index (χ4v) is 7.43. The van der Waals surface area contributed by atoms with E-state index in [0.29, 0.717) is 48.8 Å². The first-order valence-electron chi connectivity index (χ1n) is 13.5. The molecule has 0 fully saturated rings. The van der Waals surface area contributed by atoms with Crippen LogP contribution in [-0.4, -0.2) is 51.5 Å². The number of aryl methyl sites for hydroxylation is 2. The molecule has 12 heteroatoms. The Balaban J connectivity index is 1.40. The van der Waals surface area contributed by atoms with E-state index in [9.17, 15) is 14.3 Å². The predicted octanol–water partition coefficient (Wildman–Crippen LogP) is 5.20. The highest BCUT2D eigenvalue weighted by Gasteiger charge is 2.32. The Morgan fingerprint density at radius 1 is 1.29 bits per heavy atom. The van der Waals surface area contributed by atoms with E-state index in [1.165, 1.54) is 6.07 Å². The first-order valence-corrected chi connectivity index (χ1v) is 15.0. The molecule has 2 aliphatic heterocycles. The minimum absolute atomic E-state index is 0.0493. The lowest BCUT2D eigenvalue weighted by Crippen LogP contribution is -2.27. The molecule has 6 rings (SSSR count). The van der Waals surface area contributed by atoms with Gasteiger partial charge in [-0.1, -0.05) is 24.6 Å². The summed E-state index contributed by atoms with van der Waals surface area (Å²) in [7, 11) is 3.10. The highest BCUT2D eigenvalue weighted by atomic mass is 35.5. The van der Waals surface area contributed by atoms with E-state index in [2.05, 4.69) is 15.3 Å². The molecular formula is C29H30ClFN6O3S. The van der Waals surface area contributed by atoms with Gasteiger partial charge >= 0.3 is 6.01 Å². The molecular weight excluding hydrogens is 567 g/mol. The number of phenolic OH excluding ortho intramolecular Hbond substituents is 1. The molecule has 4 heterocycles. The molecule has 0 spiro atoms. The lowest BCUT2D eigenvalue weighted by Gasteiger charge is -2.30. The predicted molar refractivity (Wildman–Crippen MR) is 158 cm³/mol. The molecule has 0 saturated carbocycles. The van der Waals surface area contributed by atoms with Gasteiger partial charge in [0.05, 0.1) is 30.1 Å². The summed E-state index contributed by atoms with van der Waals surface area (Å²) < 4.78 is 22.2. The number of hydrogen-bond acceptors (Lipinski definition) is 8. The Kier molecular flexibility index (Phi) is 7.41. The zero-order chi connectivity index (χ0) is 28.8. The molecule has 214 valence electrons. The normalized spacial score (nSPS) is 16.7. The molecule has 0 saturated heterocycles. The summed E-state index contributed by atoms with van der Waals surface area (Å²) in [6.07, 6.45) is 1.90. The van der Waals surface area contributed by atoms with Gasteiger partial charge in [-0.3, -0.25) is 9.48 Å². The van der Waals surface area contributed by atoms with Crippen molar-refractivity contribution in [2.45, 2.75) is 50.3 Å². The van der Waals surface area contributed by atoms with Crippen molar-refractivity contribution < 1.29 is 19.0 Å². The quantitative estimate of drug-likeness (QED) is 0.324. The molecule has 1 amide bonds. The van der Waals surface area contributed by atoms with Gasteiger partial charge in [-0.2, -0.15) is 15.1 Å². The van der Waals surface area contributed by atoms with Crippen LogP contribution in [0.25, 0.3) is 10.8 Å². The number of nitrogens with one attached hydrogen (secondary N) is 1. The van der Waals surface area contributed by atoms with Crippen LogP contribution in [-0.2, 0) is 31.7 Å². The summed E-state index contributed by atoms with van der Waals surface area (Å²) >= 11 is 8.37. The summed E-state index contributed by atoms with van der Waals surface area (Å²) in [5, 5.41) is 19.6. The van der Waals surface area contributed by atoms with Crippen molar-refractivity contribution in [3.8, 4) is 11.8 Å². The van der Waals surface area contributed by atoms with Gasteiger partial charge in [0.25, 0.3) is 5.91 Å². The fourth-order valence-electron chi connectivity index (χ4n) is 5.84. The highest BCUT2D eigenvalue weighted by molar-refractivity contribution is 7.98. The van der Waals surface area contributed by atoms with E-state index in [0.717, 1.165) is 45.5 Å². The average Bonchev–Trinajstić information content (AvgIpc) is 3.14. The maximum atomic E-state index is 14.8. The van der Waals surface area contributed by atoms with Crippen LogP contribution in [0.1, 0.15) is 57.2 Å². The van der Waals surface area contributed by atoms with Gasteiger partial charge < -0.3 is 20.1 Å². The van der Waals surface area contributed by atoms with Crippen molar-refractivity contribution in [1.82, 2.24) is 25.1 Å². The van der Waals surface area contributed by atoms with Gasteiger partial charge in [0.15, 0.2) is 5.69 Å². The Hall–Kier alpha value is -3.57. The molecule has 0 aliphatic carbocycles. The number of benzene rings is 2. The first kappa shape index (κ1) is 27.6. The molecule has 1 atom stereocenters. The van der Waals surface area contributed by atoms with Crippen LogP contribution in [0.3, 0.4) is 0 Å². The molecule has 1 unspecified atom stereocenters. The second kappa shape index (κ2) is 11.0. The standard InChI is InChI=1S/C29H30ClFN6O3S/c1-4-17-20(31)7-6-15-10-16(38)11-18(24(15)17)23-12-21-19(14-41-23)27(34-29(33-21)40-3)36-8-5-9-37-22(13-36)25(30)26(35-37)28(39)32-2/h6-7,10-11,23,38H,4-5,8-9,12-14H2,1-3H3,(H,32,39). The number of amides is 1. The number of rotatable bonds is 5. The minimum atomic E-state index is -0.323. The van der Waals surface area contributed by atoms with Crippen LogP contribution >= 0.6 is 23.4 Å². The number of thioether (sulfide) groups is 1. The molecule has 2 aliphatic rings. The third kappa shape index (κ3) is 4.84. The van der Waals surface area contributed by atoms with Crippen LogP contribution in [0.4, 0.5) is 10.2 Å². The van der Waals surface area contributed by atoms with E-state index >= 15 is 0 Å². The number of fused-ring (bicyclic) bond motifs is 3. The SMILES string of the molecule is CCc1c(F)ccc2cc(O)cc(C3Cc4nc(OC)nc(N5CCCn6nc(C(=O)NC)c(Cl)c6C5)c4CS3)c12. The Morgan fingerprint density at radius 3 is 2.88 bits per heavy atom. The molecule has 2 aromatic heterocycles. The highest BCUT2D eigenvalue weighted by Crippen LogP contribution is 2.47. The molecule has 2 aromatic carbocycles. The number of anilines is 1. The van der Waals surface area contributed by atoms with Crippen LogP contribution < -0.4 is 15.0 Å². The van der Waals surface area contributed by atoms with Crippen molar-refractivity contribution in [3.05, 3.63) is 68.9 Å². The minimum Gasteiger partial charge on any atom is -0.508 e. The average molecular weight is 597 g/mol. The molecule has 41 heavy (non-hydrogen) atoms. The second-order valence-electron chi connectivity index (χ2n) is 10.2. The third-order valence-corrected chi connectivity index (χ3v) is 9.47. The van der Waals surface area contributed by atoms with Crippen molar-refractivity contribution in [2.75, 3.05) is 25.6 Å². The van der Waals surface area contributed by atoms with E-state index in [-0.39, 0.29) is 34.4 Å². The zero-order valence-electron chi connectivity index (χ0n) is 23.0.